The van der Waals surface area contributed by atoms with Crippen molar-refractivity contribution in [1.29, 1.82) is 5.26 Å². The zero-order valence-corrected chi connectivity index (χ0v) is 18.3. The van der Waals surface area contributed by atoms with Gasteiger partial charge >= 0.3 is 0 Å². The van der Waals surface area contributed by atoms with Crippen LogP contribution in [0.2, 0.25) is 5.02 Å². The summed E-state index contributed by atoms with van der Waals surface area (Å²) in [4.78, 5) is 26.6. The maximum absolute atomic E-state index is 13.5. The van der Waals surface area contributed by atoms with Crippen molar-refractivity contribution in [2.75, 3.05) is 0 Å². The minimum Gasteiger partial charge on any atom is -0.494 e. The van der Waals surface area contributed by atoms with E-state index in [1.165, 1.54) is 18.3 Å². The molecule has 0 spiro atoms. The summed E-state index contributed by atoms with van der Waals surface area (Å²) < 4.78 is 1.91. The molecule has 5 nitrogen and oxygen atoms in total. The number of benzene rings is 2. The second kappa shape index (κ2) is 8.03. The fraction of sp³-hybridized carbons (Fsp3) is 0.125. The van der Waals surface area contributed by atoms with E-state index in [4.69, 9.17) is 11.6 Å². The minimum absolute atomic E-state index is 0.0279. The Bertz CT molecular complexity index is 1450. The van der Waals surface area contributed by atoms with E-state index in [0.717, 1.165) is 25.8 Å². The molecule has 7 heteroatoms. The summed E-state index contributed by atoms with van der Waals surface area (Å²) in [6.45, 7) is 3.47. The first kappa shape index (κ1) is 20.9. The van der Waals surface area contributed by atoms with Gasteiger partial charge in [0.25, 0.3) is 5.56 Å². The van der Waals surface area contributed by atoms with Gasteiger partial charge in [-0.2, -0.15) is 5.26 Å². The van der Waals surface area contributed by atoms with Crippen LogP contribution in [-0.4, -0.2) is 15.5 Å². The Kier molecular flexibility index (Phi) is 5.40. The Morgan fingerprint density at radius 1 is 1.19 bits per heavy atom. The van der Waals surface area contributed by atoms with E-state index in [0.29, 0.717) is 5.02 Å². The molecule has 0 saturated carbocycles. The summed E-state index contributed by atoms with van der Waals surface area (Å²) >= 11 is 7.73. The van der Waals surface area contributed by atoms with Crippen LogP contribution < -0.4 is 5.56 Å². The van der Waals surface area contributed by atoms with E-state index in [1.54, 1.807) is 12.1 Å². The van der Waals surface area contributed by atoms with Gasteiger partial charge in [0.05, 0.1) is 22.0 Å². The lowest BCUT2D eigenvalue weighted by Crippen LogP contribution is -2.27. The molecule has 4 aromatic rings. The third kappa shape index (κ3) is 3.52. The number of pyridine rings is 1. The molecular formula is C24H17ClN2O3S. The van der Waals surface area contributed by atoms with Gasteiger partial charge < -0.3 is 5.11 Å². The number of carbonyl (C=O) groups excluding carboxylic acids is 1. The van der Waals surface area contributed by atoms with Gasteiger partial charge in [-0.1, -0.05) is 54.1 Å². The van der Waals surface area contributed by atoms with Crippen molar-refractivity contribution in [3.8, 4) is 11.9 Å². The summed E-state index contributed by atoms with van der Waals surface area (Å²) in [6.07, 6.45) is 0. The fourth-order valence-corrected chi connectivity index (χ4v) is 5.13. The predicted octanol–water partition coefficient (Wildman–Crippen LogP) is 5.19. The van der Waals surface area contributed by atoms with Crippen molar-refractivity contribution in [2.45, 2.75) is 20.4 Å². The van der Waals surface area contributed by atoms with Crippen LogP contribution in [-0.2, 0) is 6.54 Å². The first-order valence-electron chi connectivity index (χ1n) is 9.47. The Balaban J connectivity index is 1.93. The number of hydrogen-bond donors (Lipinski definition) is 1. The number of fused-ring (bicyclic) bond motifs is 1. The highest BCUT2D eigenvalue weighted by Gasteiger charge is 2.28. The molecule has 0 bridgehead atoms. The van der Waals surface area contributed by atoms with E-state index in [-0.39, 0.29) is 28.1 Å². The number of nitriles is 1. The van der Waals surface area contributed by atoms with Crippen LogP contribution in [0.25, 0.3) is 10.1 Å². The van der Waals surface area contributed by atoms with Crippen LogP contribution in [0, 0.1) is 25.2 Å². The quantitative estimate of drug-likeness (QED) is 0.435. The van der Waals surface area contributed by atoms with Crippen molar-refractivity contribution in [1.82, 2.24) is 4.57 Å². The van der Waals surface area contributed by atoms with Crippen molar-refractivity contribution in [3.63, 3.8) is 0 Å². The van der Waals surface area contributed by atoms with Gasteiger partial charge in [-0.25, -0.2) is 0 Å². The average molecular weight is 449 g/mol. The lowest BCUT2D eigenvalue weighted by atomic mass is 10.00. The molecule has 0 atom stereocenters. The number of carbonyl (C=O) groups is 1. The zero-order valence-electron chi connectivity index (χ0n) is 16.8. The normalized spacial score (nSPS) is 10.9. The Labute approximate surface area is 187 Å². The minimum atomic E-state index is -0.643. The Morgan fingerprint density at radius 3 is 2.58 bits per heavy atom. The van der Waals surface area contributed by atoms with Crippen LogP contribution >= 0.6 is 22.9 Å². The van der Waals surface area contributed by atoms with Crippen molar-refractivity contribution >= 4 is 38.8 Å². The highest BCUT2D eigenvalue weighted by atomic mass is 35.5. The lowest BCUT2D eigenvalue weighted by Gasteiger charge is -2.15. The number of ketones is 1. The maximum atomic E-state index is 13.5. The van der Waals surface area contributed by atoms with Gasteiger partial charge in [0, 0.05) is 10.1 Å². The highest BCUT2D eigenvalue weighted by Crippen LogP contribution is 2.38. The summed E-state index contributed by atoms with van der Waals surface area (Å²) in [5.41, 5.74) is 1.02. The smallest absolute Gasteiger partial charge is 0.271 e. The van der Waals surface area contributed by atoms with Gasteiger partial charge in [0.15, 0.2) is 0 Å². The van der Waals surface area contributed by atoms with E-state index in [1.807, 2.05) is 49.4 Å². The van der Waals surface area contributed by atoms with Gasteiger partial charge in [0.1, 0.15) is 11.6 Å². The first-order valence-corrected chi connectivity index (χ1v) is 10.7. The van der Waals surface area contributed by atoms with E-state index < -0.39 is 17.2 Å². The van der Waals surface area contributed by atoms with E-state index in [2.05, 4.69) is 0 Å². The topological polar surface area (TPSA) is 83.1 Å². The molecule has 0 fully saturated rings. The molecule has 4 rings (SSSR count). The van der Waals surface area contributed by atoms with Gasteiger partial charge in [0.2, 0.25) is 11.7 Å². The predicted molar refractivity (Wildman–Crippen MR) is 122 cm³/mol. The van der Waals surface area contributed by atoms with Crippen molar-refractivity contribution < 1.29 is 9.90 Å². The number of halogens is 1. The summed E-state index contributed by atoms with van der Waals surface area (Å²) in [6, 6.07) is 16.6. The molecule has 2 aromatic carbocycles. The molecule has 2 aromatic heterocycles. The molecule has 0 aliphatic rings. The average Bonchev–Trinajstić information content (AvgIpc) is 3.08. The molecule has 1 N–H and O–H groups in total. The number of hydrogen-bond acceptors (Lipinski definition) is 5. The van der Waals surface area contributed by atoms with Crippen LogP contribution in [0.1, 0.15) is 37.5 Å². The number of aromatic nitrogens is 1. The van der Waals surface area contributed by atoms with Crippen LogP contribution in [0.4, 0.5) is 0 Å². The lowest BCUT2D eigenvalue weighted by molar-refractivity contribution is 0.103. The number of thiophene rings is 1. The molecule has 0 radical (unpaired) electrons. The SMILES string of the molecule is Cc1ccc2c(Cl)c(C(=O)c3c(C)c(C#N)c(=O)n(Cc4ccccc4)c3O)sc2c1. The Hall–Kier alpha value is -3.40. The number of nitrogens with zero attached hydrogens (tertiary/aromatic N) is 2. The van der Waals surface area contributed by atoms with E-state index in [9.17, 15) is 20.0 Å². The van der Waals surface area contributed by atoms with Gasteiger partial charge in [-0.05, 0) is 36.6 Å². The van der Waals surface area contributed by atoms with E-state index >= 15 is 0 Å². The molecule has 0 unspecified atom stereocenters. The zero-order chi connectivity index (χ0) is 22.3. The summed E-state index contributed by atoms with van der Waals surface area (Å²) in [7, 11) is 0. The molecule has 154 valence electrons. The second-order valence-corrected chi connectivity index (χ2v) is 8.69. The molecule has 0 aliphatic carbocycles. The molecule has 2 heterocycles. The molecule has 0 aliphatic heterocycles. The van der Waals surface area contributed by atoms with Crippen LogP contribution in [0.3, 0.4) is 0 Å². The first-order chi connectivity index (χ1) is 14.8. The fourth-order valence-electron chi connectivity index (χ4n) is 3.57. The molecular weight excluding hydrogens is 432 g/mol. The molecule has 0 amide bonds. The number of aromatic hydroxyl groups is 1. The highest BCUT2D eigenvalue weighted by molar-refractivity contribution is 7.21. The molecule has 0 saturated heterocycles. The third-order valence-corrected chi connectivity index (χ3v) is 6.86. The summed E-state index contributed by atoms with van der Waals surface area (Å²) in [5.74, 6) is -0.989. The molecule has 31 heavy (non-hydrogen) atoms. The van der Waals surface area contributed by atoms with Crippen molar-refractivity contribution in [3.05, 3.63) is 96.6 Å². The maximum Gasteiger partial charge on any atom is 0.271 e. The second-order valence-electron chi connectivity index (χ2n) is 7.26. The third-order valence-electron chi connectivity index (χ3n) is 5.20. The summed E-state index contributed by atoms with van der Waals surface area (Å²) in [5, 5.41) is 21.6. The standard InChI is InChI=1S/C24H17ClN2O3S/c1-13-8-9-16-18(10-13)31-22(20(16)25)21(28)19-14(2)17(11-26)23(29)27(24(19)30)12-15-6-4-3-5-7-15/h3-10,30H,12H2,1-2H3. The largest absolute Gasteiger partial charge is 0.494 e. The number of rotatable bonds is 4. The van der Waals surface area contributed by atoms with Crippen LogP contribution in [0.5, 0.6) is 5.88 Å². The number of aryl methyl sites for hydroxylation is 1. The Morgan fingerprint density at radius 2 is 1.90 bits per heavy atom. The van der Waals surface area contributed by atoms with Gasteiger partial charge in [-0.15, -0.1) is 11.3 Å². The van der Waals surface area contributed by atoms with Crippen molar-refractivity contribution in [2.24, 2.45) is 0 Å². The monoisotopic (exact) mass is 448 g/mol. The van der Waals surface area contributed by atoms with Crippen LogP contribution in [0.15, 0.2) is 53.3 Å². The van der Waals surface area contributed by atoms with Gasteiger partial charge in [-0.3, -0.25) is 14.2 Å².